The maximum absolute atomic E-state index is 3.76. The number of benzene rings is 2. The largest absolute Gasteiger partial charge is 0.310 e. The van der Waals surface area contributed by atoms with Gasteiger partial charge >= 0.3 is 0 Å². The Bertz CT molecular complexity index is 551. The van der Waals surface area contributed by atoms with Crippen LogP contribution in [0.2, 0.25) is 0 Å². The molecule has 0 radical (unpaired) electrons. The molecule has 0 heterocycles. The summed E-state index contributed by atoms with van der Waals surface area (Å²) < 4.78 is 0. The smallest absolute Gasteiger partial charge is 0.0385 e. The second-order valence-corrected chi connectivity index (χ2v) is 6.52. The molecule has 2 nitrogen and oxygen atoms in total. The maximum atomic E-state index is 3.76. The van der Waals surface area contributed by atoms with Crippen molar-refractivity contribution in [2.45, 2.75) is 32.4 Å². The molecule has 0 spiro atoms. The molecule has 0 aliphatic rings. The van der Waals surface area contributed by atoms with Crippen LogP contribution in [0.5, 0.6) is 0 Å². The van der Waals surface area contributed by atoms with E-state index in [0.717, 1.165) is 13.0 Å². The molecular formula is C21H30N2. The average molecular weight is 310 g/mol. The Morgan fingerprint density at radius 1 is 0.870 bits per heavy atom. The summed E-state index contributed by atoms with van der Waals surface area (Å²) in [7, 11) is 4.35. The first kappa shape index (κ1) is 17.7. The van der Waals surface area contributed by atoms with E-state index in [1.54, 1.807) is 0 Å². The average Bonchev–Trinajstić information content (AvgIpc) is 2.57. The minimum atomic E-state index is 0.351. The Kier molecular flexibility index (Phi) is 6.82. The van der Waals surface area contributed by atoms with Crippen molar-refractivity contribution in [1.82, 2.24) is 10.2 Å². The van der Waals surface area contributed by atoms with Crippen LogP contribution >= 0.6 is 0 Å². The predicted molar refractivity (Wildman–Crippen MR) is 99.5 cm³/mol. The second-order valence-electron chi connectivity index (χ2n) is 6.52. The van der Waals surface area contributed by atoms with Gasteiger partial charge in [-0.1, -0.05) is 74.5 Å². The van der Waals surface area contributed by atoms with Gasteiger partial charge in [-0.05, 0) is 44.1 Å². The summed E-state index contributed by atoms with van der Waals surface area (Å²) in [6, 6.07) is 22.4. The number of nitrogens with one attached hydrogen (secondary N) is 1. The Morgan fingerprint density at radius 3 is 1.87 bits per heavy atom. The fourth-order valence-corrected chi connectivity index (χ4v) is 3.47. The van der Waals surface area contributed by atoms with Crippen LogP contribution in [0.1, 0.15) is 43.5 Å². The molecule has 0 amide bonds. The predicted octanol–water partition coefficient (Wildman–Crippen LogP) is 4.67. The number of nitrogens with zero attached hydrogens (tertiary/aromatic N) is 1. The first-order valence-electron chi connectivity index (χ1n) is 8.64. The molecule has 0 aliphatic carbocycles. The van der Waals surface area contributed by atoms with Crippen LogP contribution in [0, 0.1) is 5.92 Å². The van der Waals surface area contributed by atoms with Gasteiger partial charge < -0.3 is 10.2 Å². The fourth-order valence-electron chi connectivity index (χ4n) is 3.47. The van der Waals surface area contributed by atoms with E-state index in [2.05, 4.69) is 98.8 Å². The SMILES string of the molecule is CCCNC(c1ccccc1)C(C)C(c1ccccc1)N(C)C. The Balaban J connectivity index is 2.31. The number of hydrogen-bond donors (Lipinski definition) is 1. The fraction of sp³-hybridized carbons (Fsp3) is 0.429. The summed E-state index contributed by atoms with van der Waals surface area (Å²) in [6.45, 7) is 5.62. The van der Waals surface area contributed by atoms with Crippen molar-refractivity contribution in [2.75, 3.05) is 20.6 Å². The van der Waals surface area contributed by atoms with Crippen molar-refractivity contribution in [1.29, 1.82) is 0 Å². The highest BCUT2D eigenvalue weighted by atomic mass is 15.1. The normalized spacial score (nSPS) is 15.3. The van der Waals surface area contributed by atoms with Crippen LogP contribution in [0.25, 0.3) is 0 Å². The van der Waals surface area contributed by atoms with E-state index in [0.29, 0.717) is 18.0 Å². The first-order valence-corrected chi connectivity index (χ1v) is 8.64. The second kappa shape index (κ2) is 8.85. The molecule has 0 aromatic heterocycles. The van der Waals surface area contributed by atoms with Gasteiger partial charge in [-0.2, -0.15) is 0 Å². The molecular weight excluding hydrogens is 280 g/mol. The molecule has 0 saturated heterocycles. The van der Waals surface area contributed by atoms with Gasteiger partial charge in [-0.15, -0.1) is 0 Å². The molecule has 3 atom stereocenters. The van der Waals surface area contributed by atoms with Crippen LogP contribution in [-0.4, -0.2) is 25.5 Å². The molecule has 0 saturated carbocycles. The highest BCUT2D eigenvalue weighted by Crippen LogP contribution is 2.35. The molecule has 2 aromatic rings. The lowest BCUT2D eigenvalue weighted by Gasteiger charge is -2.36. The Morgan fingerprint density at radius 2 is 1.39 bits per heavy atom. The molecule has 124 valence electrons. The van der Waals surface area contributed by atoms with Gasteiger partial charge in [-0.25, -0.2) is 0 Å². The van der Waals surface area contributed by atoms with Crippen molar-refractivity contribution < 1.29 is 0 Å². The van der Waals surface area contributed by atoms with Crippen molar-refractivity contribution >= 4 is 0 Å². The van der Waals surface area contributed by atoms with Crippen LogP contribution in [0.15, 0.2) is 60.7 Å². The lowest BCUT2D eigenvalue weighted by atomic mass is 9.84. The summed E-state index contributed by atoms with van der Waals surface area (Å²) in [5.74, 6) is 0.460. The third-order valence-electron chi connectivity index (χ3n) is 4.49. The van der Waals surface area contributed by atoms with Gasteiger partial charge in [0.2, 0.25) is 0 Å². The highest BCUT2D eigenvalue weighted by molar-refractivity contribution is 5.24. The van der Waals surface area contributed by atoms with Crippen LogP contribution in [-0.2, 0) is 0 Å². The third-order valence-corrected chi connectivity index (χ3v) is 4.49. The van der Waals surface area contributed by atoms with E-state index >= 15 is 0 Å². The summed E-state index contributed by atoms with van der Waals surface area (Å²) in [5, 5.41) is 3.76. The van der Waals surface area contributed by atoms with Crippen LogP contribution in [0.3, 0.4) is 0 Å². The monoisotopic (exact) mass is 310 g/mol. The third kappa shape index (κ3) is 4.66. The van der Waals surface area contributed by atoms with Crippen LogP contribution in [0.4, 0.5) is 0 Å². The molecule has 2 aromatic carbocycles. The van der Waals surface area contributed by atoms with E-state index in [1.165, 1.54) is 11.1 Å². The van der Waals surface area contributed by atoms with Gasteiger partial charge in [0.25, 0.3) is 0 Å². The van der Waals surface area contributed by atoms with Gasteiger partial charge in [0.05, 0.1) is 0 Å². The van der Waals surface area contributed by atoms with E-state index in [1.807, 2.05) is 0 Å². The summed E-state index contributed by atoms with van der Waals surface area (Å²) >= 11 is 0. The Hall–Kier alpha value is -1.64. The molecule has 23 heavy (non-hydrogen) atoms. The lowest BCUT2D eigenvalue weighted by molar-refractivity contribution is 0.184. The van der Waals surface area contributed by atoms with Crippen molar-refractivity contribution in [3.8, 4) is 0 Å². The van der Waals surface area contributed by atoms with Crippen molar-refractivity contribution in [3.63, 3.8) is 0 Å². The zero-order valence-corrected chi connectivity index (χ0v) is 14.9. The highest BCUT2D eigenvalue weighted by Gasteiger charge is 2.29. The van der Waals surface area contributed by atoms with Gasteiger partial charge in [0, 0.05) is 12.1 Å². The standard InChI is InChI=1S/C21H30N2/c1-5-16-22-20(18-12-8-6-9-13-18)17(2)21(23(3)4)19-14-10-7-11-15-19/h6-15,17,20-22H,5,16H2,1-4H3. The number of hydrogen-bond acceptors (Lipinski definition) is 2. The molecule has 2 heteroatoms. The van der Waals surface area contributed by atoms with Crippen molar-refractivity contribution in [3.05, 3.63) is 71.8 Å². The minimum Gasteiger partial charge on any atom is -0.310 e. The van der Waals surface area contributed by atoms with E-state index in [-0.39, 0.29) is 0 Å². The van der Waals surface area contributed by atoms with E-state index < -0.39 is 0 Å². The topological polar surface area (TPSA) is 15.3 Å². The zero-order valence-electron chi connectivity index (χ0n) is 14.9. The zero-order chi connectivity index (χ0) is 16.7. The lowest BCUT2D eigenvalue weighted by Crippen LogP contribution is -2.36. The summed E-state index contributed by atoms with van der Waals surface area (Å²) in [6.07, 6.45) is 1.15. The molecule has 1 N–H and O–H groups in total. The van der Waals surface area contributed by atoms with Gasteiger partial charge in [0.15, 0.2) is 0 Å². The molecule has 3 unspecified atom stereocenters. The molecule has 0 fully saturated rings. The van der Waals surface area contributed by atoms with Gasteiger partial charge in [-0.3, -0.25) is 0 Å². The van der Waals surface area contributed by atoms with E-state index in [4.69, 9.17) is 0 Å². The molecule has 0 bridgehead atoms. The minimum absolute atomic E-state index is 0.351. The number of rotatable bonds is 8. The first-order chi connectivity index (χ1) is 11.1. The van der Waals surface area contributed by atoms with E-state index in [9.17, 15) is 0 Å². The molecule has 0 aliphatic heterocycles. The molecule has 2 rings (SSSR count). The quantitative estimate of drug-likeness (QED) is 0.762. The van der Waals surface area contributed by atoms with Gasteiger partial charge in [0.1, 0.15) is 0 Å². The Labute approximate surface area is 141 Å². The summed E-state index contributed by atoms with van der Waals surface area (Å²) in [5.41, 5.74) is 2.75. The van der Waals surface area contributed by atoms with Crippen molar-refractivity contribution in [2.24, 2.45) is 5.92 Å². The van der Waals surface area contributed by atoms with Crippen LogP contribution < -0.4 is 5.32 Å². The summed E-state index contributed by atoms with van der Waals surface area (Å²) in [4.78, 5) is 2.34. The maximum Gasteiger partial charge on any atom is 0.0385 e.